The lowest BCUT2D eigenvalue weighted by Gasteiger charge is -2.21. The second-order valence-corrected chi connectivity index (χ2v) is 28.7. The van der Waals surface area contributed by atoms with Crippen molar-refractivity contribution in [1.82, 2.24) is 0 Å². The standard InChI is InChI=1S/C70H136O17P2/c1-6-9-12-15-18-21-33-38-43-48-53-67(72)80-59-65(86-69(74)55-50-45-40-35-23-20-17-14-11-8-3)61-84-88(76,77)82-57-64(71)58-83-89(78,79)85-62-66(60-81-68(73)54-49-44-39-34-22-19-16-13-10-7-2)87-70(75)56-51-46-41-36-31-29-27-25-24-26-28-30-32-37-42-47-52-63(4)5/h63-66,71H,6-62H2,1-5H3,(H,76,77)(H,78,79)/t64-,65+,66+/m0/s1. The molecule has 19 heteroatoms. The van der Waals surface area contributed by atoms with E-state index in [1.54, 1.807) is 0 Å². The van der Waals surface area contributed by atoms with Gasteiger partial charge in [0.1, 0.15) is 19.3 Å². The minimum absolute atomic E-state index is 0.107. The Hall–Kier alpha value is -1.94. The molecule has 0 aromatic heterocycles. The van der Waals surface area contributed by atoms with E-state index in [4.69, 9.17) is 37.0 Å². The lowest BCUT2D eigenvalue weighted by Crippen LogP contribution is -2.30. The summed E-state index contributed by atoms with van der Waals surface area (Å²) in [6.45, 7) is 7.25. The van der Waals surface area contributed by atoms with E-state index in [0.29, 0.717) is 25.7 Å². The number of phosphoric acid groups is 2. The first-order valence-electron chi connectivity index (χ1n) is 36.6. The fourth-order valence-corrected chi connectivity index (χ4v) is 12.2. The maximum atomic E-state index is 13.0. The van der Waals surface area contributed by atoms with Crippen LogP contribution in [-0.2, 0) is 65.4 Å². The van der Waals surface area contributed by atoms with E-state index in [9.17, 15) is 43.2 Å². The molecule has 0 spiro atoms. The van der Waals surface area contributed by atoms with Gasteiger partial charge in [-0.2, -0.15) is 0 Å². The molecular weight excluding hydrogens is 1170 g/mol. The van der Waals surface area contributed by atoms with Gasteiger partial charge in [0.15, 0.2) is 12.2 Å². The smallest absolute Gasteiger partial charge is 0.462 e. The molecule has 528 valence electrons. The van der Waals surface area contributed by atoms with Crippen LogP contribution < -0.4 is 0 Å². The normalized spacial score (nSPS) is 14.1. The van der Waals surface area contributed by atoms with Crippen molar-refractivity contribution in [2.24, 2.45) is 5.92 Å². The highest BCUT2D eigenvalue weighted by Crippen LogP contribution is 2.45. The van der Waals surface area contributed by atoms with Gasteiger partial charge in [-0.05, 0) is 31.6 Å². The number of aliphatic hydroxyl groups is 1. The topological polar surface area (TPSA) is 237 Å². The number of rotatable bonds is 70. The van der Waals surface area contributed by atoms with Gasteiger partial charge in [-0.3, -0.25) is 37.3 Å². The number of hydrogen-bond acceptors (Lipinski definition) is 15. The Morgan fingerprint density at radius 2 is 0.517 bits per heavy atom. The van der Waals surface area contributed by atoms with E-state index in [2.05, 4.69) is 34.6 Å². The van der Waals surface area contributed by atoms with Gasteiger partial charge in [0.25, 0.3) is 0 Å². The van der Waals surface area contributed by atoms with Crippen LogP contribution in [0.4, 0.5) is 0 Å². The predicted molar refractivity (Wildman–Crippen MR) is 358 cm³/mol. The quantitative estimate of drug-likeness (QED) is 0.0222. The summed E-state index contributed by atoms with van der Waals surface area (Å²) < 4.78 is 68.2. The van der Waals surface area contributed by atoms with Crippen LogP contribution in [0.25, 0.3) is 0 Å². The van der Waals surface area contributed by atoms with Crippen LogP contribution in [-0.4, -0.2) is 96.7 Å². The van der Waals surface area contributed by atoms with E-state index < -0.39 is 97.5 Å². The summed E-state index contributed by atoms with van der Waals surface area (Å²) in [5.41, 5.74) is 0. The summed E-state index contributed by atoms with van der Waals surface area (Å²) in [7, 11) is -9.89. The number of ether oxygens (including phenoxy) is 4. The van der Waals surface area contributed by atoms with E-state index in [1.165, 1.54) is 186 Å². The molecular formula is C70H136O17P2. The molecule has 0 fully saturated rings. The molecule has 89 heavy (non-hydrogen) atoms. The van der Waals surface area contributed by atoms with Crippen molar-refractivity contribution in [3.63, 3.8) is 0 Å². The summed E-state index contributed by atoms with van der Waals surface area (Å²) >= 11 is 0. The molecule has 2 unspecified atom stereocenters. The van der Waals surface area contributed by atoms with Gasteiger partial charge in [-0.1, -0.05) is 311 Å². The lowest BCUT2D eigenvalue weighted by atomic mass is 10.0. The zero-order chi connectivity index (χ0) is 65.6. The third-order valence-electron chi connectivity index (χ3n) is 16.3. The minimum atomic E-state index is -4.95. The van der Waals surface area contributed by atoms with Gasteiger partial charge < -0.3 is 33.8 Å². The number of unbranched alkanes of at least 4 members (excludes halogenated alkanes) is 42. The average molecular weight is 1310 g/mol. The largest absolute Gasteiger partial charge is 0.472 e. The summed E-state index contributed by atoms with van der Waals surface area (Å²) in [5.74, 6) is -1.31. The molecule has 0 aromatic carbocycles. The molecule has 0 aliphatic rings. The van der Waals surface area contributed by atoms with Crippen LogP contribution in [0.15, 0.2) is 0 Å². The van der Waals surface area contributed by atoms with Gasteiger partial charge in [-0.15, -0.1) is 0 Å². The van der Waals surface area contributed by atoms with Crippen molar-refractivity contribution in [3.8, 4) is 0 Å². The van der Waals surface area contributed by atoms with Gasteiger partial charge >= 0.3 is 39.5 Å². The highest BCUT2D eigenvalue weighted by molar-refractivity contribution is 7.47. The summed E-state index contributed by atoms with van der Waals surface area (Å²) in [6, 6.07) is 0. The van der Waals surface area contributed by atoms with Crippen LogP contribution >= 0.6 is 15.6 Å². The lowest BCUT2D eigenvalue weighted by molar-refractivity contribution is -0.161. The Morgan fingerprint density at radius 3 is 0.764 bits per heavy atom. The molecule has 0 heterocycles. The predicted octanol–water partition coefficient (Wildman–Crippen LogP) is 20.1. The molecule has 0 bridgehead atoms. The number of aliphatic hydroxyl groups excluding tert-OH is 1. The third-order valence-corrected chi connectivity index (χ3v) is 18.2. The molecule has 5 atom stereocenters. The summed E-state index contributed by atoms with van der Waals surface area (Å²) in [4.78, 5) is 72.4. The number of esters is 4. The Kier molecular flexibility index (Phi) is 62.1. The summed E-state index contributed by atoms with van der Waals surface area (Å²) in [6.07, 6.45) is 49.9. The summed E-state index contributed by atoms with van der Waals surface area (Å²) in [5, 5.41) is 10.6. The Balaban J connectivity index is 5.17. The van der Waals surface area contributed by atoms with Crippen LogP contribution in [0.3, 0.4) is 0 Å². The van der Waals surface area contributed by atoms with Crippen LogP contribution in [0.5, 0.6) is 0 Å². The molecule has 0 aromatic rings. The first-order valence-corrected chi connectivity index (χ1v) is 39.6. The number of phosphoric ester groups is 2. The van der Waals surface area contributed by atoms with E-state index in [-0.39, 0.29) is 25.7 Å². The van der Waals surface area contributed by atoms with E-state index >= 15 is 0 Å². The molecule has 0 aliphatic heterocycles. The number of hydrogen-bond donors (Lipinski definition) is 3. The van der Waals surface area contributed by atoms with Crippen molar-refractivity contribution in [2.75, 3.05) is 39.6 Å². The van der Waals surface area contributed by atoms with Gasteiger partial charge in [-0.25, -0.2) is 9.13 Å². The van der Waals surface area contributed by atoms with Crippen molar-refractivity contribution in [2.45, 2.75) is 380 Å². The first kappa shape index (κ1) is 87.1. The maximum Gasteiger partial charge on any atom is 0.472 e. The number of carbonyl (C=O) groups is 4. The SMILES string of the molecule is CCCCCCCCCCCCC(=O)OC[C@H](COP(=O)(O)OC[C@H](O)COP(=O)(O)OC[C@@H](COC(=O)CCCCCCCCCCCC)OC(=O)CCCCCCCCCCCCCCCCCCC(C)C)OC(=O)CCCCCCCCCCCC. The van der Waals surface area contributed by atoms with Crippen molar-refractivity contribution in [3.05, 3.63) is 0 Å². The second kappa shape index (κ2) is 63.5. The highest BCUT2D eigenvalue weighted by atomic mass is 31.2. The second-order valence-electron chi connectivity index (χ2n) is 25.7. The molecule has 17 nitrogen and oxygen atoms in total. The molecule has 0 rings (SSSR count). The Bertz CT molecular complexity index is 1720. The van der Waals surface area contributed by atoms with Gasteiger partial charge in [0, 0.05) is 25.7 Å². The molecule has 3 N–H and O–H groups in total. The van der Waals surface area contributed by atoms with Crippen LogP contribution in [0.1, 0.15) is 362 Å². The van der Waals surface area contributed by atoms with E-state index in [0.717, 1.165) is 95.8 Å². The fraction of sp³-hybridized carbons (Fsp3) is 0.943. The Morgan fingerprint density at radius 1 is 0.303 bits per heavy atom. The van der Waals surface area contributed by atoms with Crippen molar-refractivity contribution >= 4 is 39.5 Å². The zero-order valence-corrected chi connectivity index (χ0v) is 59.4. The maximum absolute atomic E-state index is 13.0. The molecule has 0 aliphatic carbocycles. The third kappa shape index (κ3) is 64.6. The van der Waals surface area contributed by atoms with Gasteiger partial charge in [0.05, 0.1) is 26.4 Å². The van der Waals surface area contributed by atoms with Crippen LogP contribution in [0, 0.1) is 5.92 Å². The fourth-order valence-electron chi connectivity index (χ4n) is 10.6. The number of carbonyl (C=O) groups excluding carboxylic acids is 4. The first-order chi connectivity index (χ1) is 43.0. The van der Waals surface area contributed by atoms with E-state index in [1.807, 2.05) is 0 Å². The minimum Gasteiger partial charge on any atom is -0.462 e. The zero-order valence-electron chi connectivity index (χ0n) is 57.6. The van der Waals surface area contributed by atoms with Gasteiger partial charge in [0.2, 0.25) is 0 Å². The molecule has 0 amide bonds. The van der Waals surface area contributed by atoms with Crippen molar-refractivity contribution in [1.29, 1.82) is 0 Å². The molecule has 0 saturated heterocycles. The average Bonchev–Trinajstić information content (AvgIpc) is 3.69. The van der Waals surface area contributed by atoms with Crippen molar-refractivity contribution < 1.29 is 80.2 Å². The Labute approximate surface area is 543 Å². The molecule has 0 radical (unpaired) electrons. The molecule has 0 saturated carbocycles. The highest BCUT2D eigenvalue weighted by Gasteiger charge is 2.30. The van der Waals surface area contributed by atoms with Crippen LogP contribution in [0.2, 0.25) is 0 Å². The monoisotopic (exact) mass is 1310 g/mol.